The number of thioether (sulfide) groups is 1. The van der Waals surface area contributed by atoms with Gasteiger partial charge in [0.15, 0.2) is 5.84 Å². The van der Waals surface area contributed by atoms with Crippen LogP contribution in [-0.4, -0.2) is 29.1 Å². The molecular formula is C14H21N3OS. The van der Waals surface area contributed by atoms with Crippen LogP contribution in [0.3, 0.4) is 0 Å². The molecule has 1 heterocycles. The standard InChI is InChI=1S/C14H21N3OS/c1-10-6-12(14(15)17-18)2-3-13(10)8-16-7-11-4-5-19-9-11/h2-3,6,11,16,18H,4-5,7-9H2,1H3,(H2,15,17). The fraction of sp³-hybridized carbons (Fsp3) is 0.500. The zero-order valence-electron chi connectivity index (χ0n) is 11.2. The Morgan fingerprint density at radius 1 is 1.58 bits per heavy atom. The summed E-state index contributed by atoms with van der Waals surface area (Å²) in [4.78, 5) is 0. The summed E-state index contributed by atoms with van der Waals surface area (Å²) in [5.74, 6) is 3.57. The van der Waals surface area contributed by atoms with Gasteiger partial charge in [0.25, 0.3) is 0 Å². The van der Waals surface area contributed by atoms with Crippen LogP contribution in [0, 0.1) is 12.8 Å². The number of oxime groups is 1. The molecule has 0 aliphatic carbocycles. The molecule has 5 heteroatoms. The van der Waals surface area contributed by atoms with Gasteiger partial charge in [0.1, 0.15) is 0 Å². The lowest BCUT2D eigenvalue weighted by atomic mass is 10.0. The van der Waals surface area contributed by atoms with E-state index in [1.807, 2.05) is 30.0 Å². The fourth-order valence-electron chi connectivity index (χ4n) is 2.27. The first-order valence-electron chi connectivity index (χ1n) is 6.56. The van der Waals surface area contributed by atoms with E-state index in [4.69, 9.17) is 10.9 Å². The second kappa shape index (κ2) is 6.82. The van der Waals surface area contributed by atoms with Gasteiger partial charge >= 0.3 is 0 Å². The van der Waals surface area contributed by atoms with E-state index in [1.165, 1.54) is 23.5 Å². The van der Waals surface area contributed by atoms with Crippen LogP contribution in [0.25, 0.3) is 0 Å². The summed E-state index contributed by atoms with van der Waals surface area (Å²) in [5, 5.41) is 15.2. The van der Waals surface area contributed by atoms with Gasteiger partial charge in [-0.05, 0) is 54.5 Å². The zero-order valence-corrected chi connectivity index (χ0v) is 12.0. The normalized spacial score (nSPS) is 19.8. The summed E-state index contributed by atoms with van der Waals surface area (Å²) in [6.07, 6.45) is 1.33. The monoisotopic (exact) mass is 279 g/mol. The summed E-state index contributed by atoms with van der Waals surface area (Å²) < 4.78 is 0. The molecule has 1 aromatic rings. The van der Waals surface area contributed by atoms with Crippen molar-refractivity contribution in [3.63, 3.8) is 0 Å². The van der Waals surface area contributed by atoms with Crippen LogP contribution in [0.1, 0.15) is 23.1 Å². The van der Waals surface area contributed by atoms with Crippen LogP contribution in [0.4, 0.5) is 0 Å². The first-order valence-corrected chi connectivity index (χ1v) is 7.72. The van der Waals surface area contributed by atoms with E-state index in [0.29, 0.717) is 0 Å². The van der Waals surface area contributed by atoms with E-state index in [9.17, 15) is 0 Å². The molecule has 19 heavy (non-hydrogen) atoms. The third-order valence-electron chi connectivity index (χ3n) is 3.52. The number of aryl methyl sites for hydroxylation is 1. The molecule has 0 amide bonds. The van der Waals surface area contributed by atoms with E-state index in [-0.39, 0.29) is 5.84 Å². The molecule has 1 unspecified atom stereocenters. The molecule has 1 aromatic carbocycles. The average molecular weight is 279 g/mol. The SMILES string of the molecule is Cc1cc(/C(N)=N/O)ccc1CNCC1CCSC1. The molecule has 104 valence electrons. The van der Waals surface area contributed by atoms with Gasteiger partial charge in [-0.2, -0.15) is 11.8 Å². The minimum absolute atomic E-state index is 0.158. The minimum Gasteiger partial charge on any atom is -0.409 e. The van der Waals surface area contributed by atoms with Crippen LogP contribution in [0.5, 0.6) is 0 Å². The highest BCUT2D eigenvalue weighted by atomic mass is 32.2. The lowest BCUT2D eigenvalue weighted by Crippen LogP contribution is -2.22. The predicted molar refractivity (Wildman–Crippen MR) is 80.8 cm³/mol. The summed E-state index contributed by atoms with van der Waals surface area (Å²) in [5.41, 5.74) is 8.77. The molecule has 0 radical (unpaired) electrons. The van der Waals surface area contributed by atoms with E-state index in [0.717, 1.165) is 30.1 Å². The van der Waals surface area contributed by atoms with Crippen molar-refractivity contribution in [2.24, 2.45) is 16.8 Å². The van der Waals surface area contributed by atoms with E-state index >= 15 is 0 Å². The number of hydrogen-bond donors (Lipinski definition) is 3. The number of nitrogens with one attached hydrogen (secondary N) is 1. The highest BCUT2D eigenvalue weighted by Gasteiger charge is 2.14. The molecule has 1 saturated heterocycles. The van der Waals surface area contributed by atoms with Gasteiger partial charge in [-0.15, -0.1) is 0 Å². The second-order valence-electron chi connectivity index (χ2n) is 4.99. The van der Waals surface area contributed by atoms with Crippen molar-refractivity contribution in [1.29, 1.82) is 0 Å². The maximum absolute atomic E-state index is 8.66. The lowest BCUT2D eigenvalue weighted by Gasteiger charge is -2.12. The van der Waals surface area contributed by atoms with Crippen LogP contribution >= 0.6 is 11.8 Å². The highest BCUT2D eigenvalue weighted by molar-refractivity contribution is 7.99. The largest absolute Gasteiger partial charge is 0.409 e. The number of nitrogens with two attached hydrogens (primary N) is 1. The maximum atomic E-state index is 8.66. The van der Waals surface area contributed by atoms with Crippen LogP contribution in [0.2, 0.25) is 0 Å². The Labute approximate surface area is 118 Å². The Bertz CT molecular complexity index is 456. The molecule has 1 atom stereocenters. The number of hydrogen-bond acceptors (Lipinski definition) is 4. The number of benzene rings is 1. The topological polar surface area (TPSA) is 70.6 Å². The van der Waals surface area contributed by atoms with Gasteiger partial charge < -0.3 is 16.3 Å². The number of nitrogens with zero attached hydrogens (tertiary/aromatic N) is 1. The summed E-state index contributed by atoms with van der Waals surface area (Å²) in [7, 11) is 0. The van der Waals surface area contributed by atoms with Gasteiger partial charge in [0.05, 0.1) is 0 Å². The third kappa shape index (κ3) is 3.88. The van der Waals surface area contributed by atoms with Crippen molar-refractivity contribution in [3.05, 3.63) is 34.9 Å². The summed E-state index contributed by atoms with van der Waals surface area (Å²) in [6, 6.07) is 5.89. The van der Waals surface area contributed by atoms with Crippen LogP contribution in [0.15, 0.2) is 23.4 Å². The number of rotatable bonds is 5. The maximum Gasteiger partial charge on any atom is 0.170 e. The van der Waals surface area contributed by atoms with Gasteiger partial charge in [-0.25, -0.2) is 0 Å². The van der Waals surface area contributed by atoms with Crippen molar-refractivity contribution >= 4 is 17.6 Å². The molecule has 0 aromatic heterocycles. The van der Waals surface area contributed by atoms with Crippen molar-refractivity contribution in [3.8, 4) is 0 Å². The Balaban J connectivity index is 1.89. The van der Waals surface area contributed by atoms with Crippen molar-refractivity contribution in [2.45, 2.75) is 19.9 Å². The minimum atomic E-state index is 0.158. The number of amidine groups is 1. The van der Waals surface area contributed by atoms with Gasteiger partial charge in [-0.1, -0.05) is 17.3 Å². The van der Waals surface area contributed by atoms with Crippen molar-refractivity contribution < 1.29 is 5.21 Å². The zero-order chi connectivity index (χ0) is 13.7. The molecule has 1 aliphatic heterocycles. The van der Waals surface area contributed by atoms with Crippen molar-refractivity contribution in [1.82, 2.24) is 5.32 Å². The van der Waals surface area contributed by atoms with Gasteiger partial charge in [0.2, 0.25) is 0 Å². The second-order valence-corrected chi connectivity index (χ2v) is 6.14. The average Bonchev–Trinajstić information content (AvgIpc) is 2.93. The first-order chi connectivity index (χ1) is 9.20. The fourth-order valence-corrected chi connectivity index (χ4v) is 3.55. The Morgan fingerprint density at radius 2 is 2.42 bits per heavy atom. The molecule has 4 nitrogen and oxygen atoms in total. The van der Waals surface area contributed by atoms with E-state index in [1.54, 1.807) is 0 Å². The molecule has 0 saturated carbocycles. The first kappa shape index (κ1) is 14.2. The highest BCUT2D eigenvalue weighted by Crippen LogP contribution is 2.22. The Morgan fingerprint density at radius 3 is 3.05 bits per heavy atom. The summed E-state index contributed by atoms with van der Waals surface area (Å²) >= 11 is 2.05. The van der Waals surface area contributed by atoms with Crippen LogP contribution < -0.4 is 11.1 Å². The molecule has 4 N–H and O–H groups in total. The summed E-state index contributed by atoms with van der Waals surface area (Å²) in [6.45, 7) is 4.02. The van der Waals surface area contributed by atoms with E-state index < -0.39 is 0 Å². The molecule has 0 bridgehead atoms. The van der Waals surface area contributed by atoms with Gasteiger partial charge in [0, 0.05) is 12.1 Å². The quantitative estimate of drug-likeness (QED) is 0.333. The third-order valence-corrected chi connectivity index (χ3v) is 4.75. The smallest absolute Gasteiger partial charge is 0.170 e. The van der Waals surface area contributed by atoms with Crippen LogP contribution in [-0.2, 0) is 6.54 Å². The van der Waals surface area contributed by atoms with E-state index in [2.05, 4.69) is 17.4 Å². The molecule has 0 spiro atoms. The molecule has 1 fully saturated rings. The Kier molecular flexibility index (Phi) is 5.10. The lowest BCUT2D eigenvalue weighted by molar-refractivity contribution is 0.318. The molecular weight excluding hydrogens is 258 g/mol. The van der Waals surface area contributed by atoms with Gasteiger partial charge in [-0.3, -0.25) is 0 Å². The molecule has 2 rings (SSSR count). The predicted octanol–water partition coefficient (Wildman–Crippen LogP) is 1.93. The Hall–Kier alpha value is -1.20. The molecule has 1 aliphatic rings. The van der Waals surface area contributed by atoms with Crippen molar-refractivity contribution in [2.75, 3.05) is 18.1 Å².